The molecule has 0 spiro atoms. The van der Waals surface area contributed by atoms with Crippen molar-refractivity contribution in [3.8, 4) is 0 Å². The first-order valence-electron chi connectivity index (χ1n) is 6.80. The lowest BCUT2D eigenvalue weighted by Crippen LogP contribution is -2.23. The summed E-state index contributed by atoms with van der Waals surface area (Å²) in [7, 11) is 0. The number of aryl methyl sites for hydroxylation is 1. The van der Waals surface area contributed by atoms with Crippen LogP contribution in [-0.2, 0) is 19.4 Å². The first-order valence-corrected chi connectivity index (χ1v) is 6.80. The summed E-state index contributed by atoms with van der Waals surface area (Å²) in [6.07, 6.45) is 2.86. The van der Waals surface area contributed by atoms with Gasteiger partial charge in [-0.1, -0.05) is 6.07 Å². The molecule has 0 bridgehead atoms. The highest BCUT2D eigenvalue weighted by Crippen LogP contribution is 2.24. The molecule has 1 aliphatic rings. The number of hydrogen-bond donors (Lipinski definition) is 1. The van der Waals surface area contributed by atoms with E-state index in [9.17, 15) is 14.9 Å². The van der Waals surface area contributed by atoms with Crippen molar-refractivity contribution in [3.05, 3.63) is 67.6 Å². The lowest BCUT2D eigenvalue weighted by molar-refractivity contribution is -0.384. The van der Waals surface area contributed by atoms with Crippen LogP contribution in [0.25, 0.3) is 0 Å². The van der Waals surface area contributed by atoms with E-state index in [1.807, 2.05) is 6.07 Å². The van der Waals surface area contributed by atoms with Gasteiger partial charge in [0.1, 0.15) is 0 Å². The van der Waals surface area contributed by atoms with Crippen molar-refractivity contribution in [2.45, 2.75) is 25.8 Å². The first-order chi connectivity index (χ1) is 10.1. The van der Waals surface area contributed by atoms with E-state index in [1.165, 1.54) is 23.8 Å². The van der Waals surface area contributed by atoms with E-state index in [0.717, 1.165) is 25.0 Å². The zero-order chi connectivity index (χ0) is 15.0. The van der Waals surface area contributed by atoms with E-state index in [4.69, 9.17) is 5.73 Å². The fraction of sp³-hybridized carbons (Fsp3) is 0.267. The topological polar surface area (TPSA) is 91.2 Å². The van der Waals surface area contributed by atoms with Crippen molar-refractivity contribution in [3.63, 3.8) is 0 Å². The number of fused-ring (bicyclic) bond motifs is 1. The second-order valence-corrected chi connectivity index (χ2v) is 5.22. The Hall–Kier alpha value is -2.63. The molecular formula is C15H15N3O3. The van der Waals surface area contributed by atoms with Gasteiger partial charge in [0.25, 0.3) is 11.2 Å². The molecular weight excluding hydrogens is 270 g/mol. The van der Waals surface area contributed by atoms with Gasteiger partial charge in [-0.25, -0.2) is 0 Å². The van der Waals surface area contributed by atoms with Gasteiger partial charge in [-0.15, -0.1) is 0 Å². The molecule has 0 saturated heterocycles. The van der Waals surface area contributed by atoms with E-state index in [0.29, 0.717) is 11.3 Å². The molecule has 1 heterocycles. The van der Waals surface area contributed by atoms with Crippen LogP contribution in [0.15, 0.2) is 35.1 Å². The second-order valence-electron chi connectivity index (χ2n) is 5.22. The summed E-state index contributed by atoms with van der Waals surface area (Å²) in [5.74, 6) is 0. The van der Waals surface area contributed by atoms with Gasteiger partial charge in [0.2, 0.25) is 0 Å². The molecule has 108 valence electrons. The van der Waals surface area contributed by atoms with E-state index >= 15 is 0 Å². The normalized spacial score (nSPS) is 13.1. The van der Waals surface area contributed by atoms with Gasteiger partial charge in [0.05, 0.1) is 11.5 Å². The minimum atomic E-state index is -0.457. The maximum Gasteiger partial charge on any atom is 0.269 e. The number of nitro groups is 1. The number of nitro benzene ring substituents is 1. The summed E-state index contributed by atoms with van der Waals surface area (Å²) in [5, 5.41) is 10.9. The molecule has 0 aliphatic heterocycles. The molecule has 0 unspecified atom stereocenters. The predicted molar refractivity (Wildman–Crippen MR) is 79.3 cm³/mol. The highest BCUT2D eigenvalue weighted by Gasteiger charge is 2.17. The number of anilines is 1. The standard InChI is InChI=1S/C15H15N3O3/c16-13-6-5-12(18(20)21)8-11(13)9-17-14-3-1-2-10(14)4-7-15(17)19/h4-8H,1-3,9,16H2. The Balaban J connectivity index is 2.05. The molecule has 3 rings (SSSR count). The van der Waals surface area contributed by atoms with E-state index < -0.39 is 4.92 Å². The SMILES string of the molecule is Nc1ccc([N+](=O)[O-])cc1Cn1c2c(ccc1=O)CCC2. The van der Waals surface area contributed by atoms with Crippen LogP contribution in [-0.4, -0.2) is 9.49 Å². The fourth-order valence-corrected chi connectivity index (χ4v) is 2.82. The molecule has 6 heteroatoms. The van der Waals surface area contributed by atoms with Crippen LogP contribution in [0.1, 0.15) is 23.2 Å². The summed E-state index contributed by atoms with van der Waals surface area (Å²) < 4.78 is 1.68. The summed E-state index contributed by atoms with van der Waals surface area (Å²) >= 11 is 0. The first kappa shape index (κ1) is 13.4. The van der Waals surface area contributed by atoms with Crippen molar-refractivity contribution in [1.29, 1.82) is 0 Å². The Morgan fingerprint density at radius 1 is 1.24 bits per heavy atom. The molecule has 1 aromatic heterocycles. The summed E-state index contributed by atoms with van der Waals surface area (Å²) in [4.78, 5) is 22.5. The monoisotopic (exact) mass is 285 g/mol. The lowest BCUT2D eigenvalue weighted by atomic mass is 10.1. The van der Waals surface area contributed by atoms with Crippen LogP contribution in [0.4, 0.5) is 11.4 Å². The number of nitrogens with two attached hydrogens (primary N) is 1. The van der Waals surface area contributed by atoms with Crippen LogP contribution in [0.2, 0.25) is 0 Å². The average Bonchev–Trinajstić information content (AvgIpc) is 2.92. The molecule has 2 N–H and O–H groups in total. The third-order valence-corrected chi connectivity index (χ3v) is 3.92. The van der Waals surface area contributed by atoms with Gasteiger partial charge in [-0.05, 0) is 30.9 Å². The largest absolute Gasteiger partial charge is 0.398 e. The number of benzene rings is 1. The number of hydrogen-bond acceptors (Lipinski definition) is 4. The van der Waals surface area contributed by atoms with Crippen LogP contribution in [0.3, 0.4) is 0 Å². The molecule has 2 aromatic rings. The molecule has 0 saturated carbocycles. The van der Waals surface area contributed by atoms with Crippen molar-refractivity contribution in [2.75, 3.05) is 5.73 Å². The van der Waals surface area contributed by atoms with E-state index in [1.54, 1.807) is 10.6 Å². The van der Waals surface area contributed by atoms with E-state index in [2.05, 4.69) is 0 Å². The van der Waals surface area contributed by atoms with Gasteiger partial charge in [0.15, 0.2) is 0 Å². The van der Waals surface area contributed by atoms with Crippen molar-refractivity contribution >= 4 is 11.4 Å². The summed E-state index contributed by atoms with van der Waals surface area (Å²) in [6.45, 7) is 0.273. The zero-order valence-corrected chi connectivity index (χ0v) is 11.4. The number of non-ortho nitro benzene ring substituents is 1. The van der Waals surface area contributed by atoms with Crippen LogP contribution < -0.4 is 11.3 Å². The maximum atomic E-state index is 12.1. The number of rotatable bonds is 3. The third kappa shape index (κ3) is 2.40. The second kappa shape index (κ2) is 5.05. The van der Waals surface area contributed by atoms with Gasteiger partial charge >= 0.3 is 0 Å². The van der Waals surface area contributed by atoms with Crippen LogP contribution in [0.5, 0.6) is 0 Å². The number of pyridine rings is 1. The minimum Gasteiger partial charge on any atom is -0.398 e. The molecule has 1 aromatic carbocycles. The summed E-state index contributed by atoms with van der Waals surface area (Å²) in [5.41, 5.74) is 9.05. The number of aromatic nitrogens is 1. The Morgan fingerprint density at radius 3 is 2.81 bits per heavy atom. The molecule has 0 fully saturated rings. The molecule has 21 heavy (non-hydrogen) atoms. The quantitative estimate of drug-likeness (QED) is 0.529. The van der Waals surface area contributed by atoms with Gasteiger partial charge < -0.3 is 10.3 Å². The Bertz CT molecular complexity index is 780. The summed E-state index contributed by atoms with van der Waals surface area (Å²) in [6, 6.07) is 7.75. The molecule has 6 nitrogen and oxygen atoms in total. The average molecular weight is 285 g/mol. The van der Waals surface area contributed by atoms with Gasteiger partial charge in [-0.2, -0.15) is 0 Å². The Labute approximate surface area is 121 Å². The highest BCUT2D eigenvalue weighted by atomic mass is 16.6. The van der Waals surface area contributed by atoms with Gasteiger partial charge in [-0.3, -0.25) is 14.9 Å². The smallest absolute Gasteiger partial charge is 0.269 e. The molecule has 1 aliphatic carbocycles. The number of nitrogen functional groups attached to an aromatic ring is 1. The van der Waals surface area contributed by atoms with Gasteiger partial charge in [0, 0.05) is 35.1 Å². The highest BCUT2D eigenvalue weighted by molar-refractivity contribution is 5.53. The van der Waals surface area contributed by atoms with Crippen LogP contribution in [0, 0.1) is 10.1 Å². The van der Waals surface area contributed by atoms with E-state index in [-0.39, 0.29) is 17.8 Å². The fourth-order valence-electron chi connectivity index (χ4n) is 2.82. The molecule has 0 radical (unpaired) electrons. The molecule has 0 atom stereocenters. The van der Waals surface area contributed by atoms with Crippen molar-refractivity contribution in [2.24, 2.45) is 0 Å². The minimum absolute atomic E-state index is 0.0141. The maximum absolute atomic E-state index is 12.1. The van der Waals surface area contributed by atoms with Crippen molar-refractivity contribution in [1.82, 2.24) is 4.57 Å². The lowest BCUT2D eigenvalue weighted by Gasteiger charge is -2.13. The number of nitrogens with zero attached hydrogens (tertiary/aromatic N) is 2. The zero-order valence-electron chi connectivity index (χ0n) is 11.4. The van der Waals surface area contributed by atoms with Crippen molar-refractivity contribution < 1.29 is 4.92 Å². The molecule has 0 amide bonds. The van der Waals surface area contributed by atoms with Crippen LogP contribution >= 0.6 is 0 Å². The predicted octanol–water partition coefficient (Wildman–Crippen LogP) is 1.88. The Kier molecular flexibility index (Phi) is 3.21. The Morgan fingerprint density at radius 2 is 2.05 bits per heavy atom. The third-order valence-electron chi connectivity index (χ3n) is 3.92.